The van der Waals surface area contributed by atoms with Crippen LogP contribution in [0.2, 0.25) is 0 Å². The van der Waals surface area contributed by atoms with Gasteiger partial charge in [0.05, 0.1) is 0 Å². The largest absolute Gasteiger partial charge is 0.150 e. The second-order valence-corrected chi connectivity index (χ2v) is 7.97. The van der Waals surface area contributed by atoms with Crippen molar-refractivity contribution in [1.29, 1.82) is 0 Å². The van der Waals surface area contributed by atoms with Crippen molar-refractivity contribution in [3.05, 3.63) is 135 Å². The number of hydrogen-bond donors (Lipinski definition) is 0. The molecule has 2 heteroatoms. The van der Waals surface area contributed by atoms with Crippen molar-refractivity contribution < 1.29 is 23.3 Å². The van der Waals surface area contributed by atoms with Crippen LogP contribution in [0.25, 0.3) is 43.4 Å². The third-order valence-corrected chi connectivity index (χ3v) is 5.86. The van der Waals surface area contributed by atoms with Crippen LogP contribution < -0.4 is 0 Å². The monoisotopic (exact) mass is 532 g/mol. The van der Waals surface area contributed by atoms with E-state index in [1.807, 2.05) is 0 Å². The molecule has 0 N–H and O–H groups in total. The number of fused-ring (bicyclic) bond motifs is 4. The molecule has 0 aliphatic heterocycles. The summed E-state index contributed by atoms with van der Waals surface area (Å²) in [6.07, 6.45) is 0. The Kier molecular flexibility index (Phi) is 10.4. The van der Waals surface area contributed by atoms with Crippen LogP contribution >= 0.6 is 0 Å². The quantitative estimate of drug-likeness (QED) is 0.146. The maximum absolute atomic E-state index is 3.06. The van der Waals surface area contributed by atoms with Crippen LogP contribution in [0.15, 0.2) is 109 Å². The van der Waals surface area contributed by atoms with Crippen molar-refractivity contribution >= 4 is 39.2 Å². The fraction of sp³-hybridized carbons (Fsp3) is 0.0625. The Bertz CT molecular complexity index is 1470. The van der Waals surface area contributed by atoms with Gasteiger partial charge in [-0.15, -0.1) is 86.4 Å². The van der Waals surface area contributed by atoms with E-state index in [1.165, 1.54) is 77.9 Å². The molecule has 6 rings (SSSR count). The molecular formula is C32H30SiZr-4. The van der Waals surface area contributed by atoms with E-state index < -0.39 is 0 Å². The van der Waals surface area contributed by atoms with E-state index in [9.17, 15) is 0 Å². The molecule has 0 aliphatic rings. The topological polar surface area (TPSA) is 0 Å². The summed E-state index contributed by atoms with van der Waals surface area (Å²) in [5.74, 6) is 0. The van der Waals surface area contributed by atoms with E-state index >= 15 is 0 Å². The van der Waals surface area contributed by atoms with Gasteiger partial charge in [-0.2, -0.15) is 0 Å². The van der Waals surface area contributed by atoms with E-state index in [4.69, 9.17) is 0 Å². The Labute approximate surface area is 221 Å². The molecule has 0 unspecified atom stereocenters. The van der Waals surface area contributed by atoms with Gasteiger partial charge in [-0.25, -0.2) is 0 Å². The number of hydrogen-bond acceptors (Lipinski definition) is 0. The minimum absolute atomic E-state index is 0. The molecule has 0 saturated heterocycles. The van der Waals surface area contributed by atoms with Gasteiger partial charge in [-0.1, -0.05) is 77.4 Å². The van der Waals surface area contributed by atoms with Crippen LogP contribution in [0.4, 0.5) is 0 Å². The molecule has 0 nitrogen and oxygen atoms in total. The Morgan fingerprint density at radius 3 is 2.09 bits per heavy atom. The summed E-state index contributed by atoms with van der Waals surface area (Å²) in [6, 6.07) is 38.9. The van der Waals surface area contributed by atoms with Gasteiger partial charge in [0.2, 0.25) is 0 Å². The first-order valence-electron chi connectivity index (χ1n) is 10.7. The van der Waals surface area contributed by atoms with Crippen LogP contribution in [0.1, 0.15) is 11.1 Å². The predicted molar refractivity (Wildman–Crippen MR) is 150 cm³/mol. The normalized spacial score (nSPS) is 9.79. The van der Waals surface area contributed by atoms with Crippen molar-refractivity contribution in [1.82, 2.24) is 0 Å². The van der Waals surface area contributed by atoms with Crippen molar-refractivity contribution in [3.63, 3.8) is 0 Å². The Morgan fingerprint density at radius 1 is 0.647 bits per heavy atom. The second kappa shape index (κ2) is 12.8. The molecule has 34 heavy (non-hydrogen) atoms. The first-order chi connectivity index (χ1) is 15.7. The zero-order valence-electron chi connectivity index (χ0n) is 20.4. The standard InChI is InChI=1S/C15H13.C15H11.2CH3.Si.Zr/c1-10-6-7-14-13(8-10)9-12-5-3-4-11(2)15(12)14;1-2-6-12(7-3-1)15-11-10-13-8-4-5-9-14(13)15;;;;/h3-9H,1-2H3;1-11H;2*1H3;;/q4*-1;;. The zero-order valence-corrected chi connectivity index (χ0v) is 23.9. The average molecular weight is 534 g/mol. The first-order valence-corrected chi connectivity index (χ1v) is 14.9. The van der Waals surface area contributed by atoms with Crippen LogP contribution in [0.5, 0.6) is 0 Å². The van der Waals surface area contributed by atoms with Crippen molar-refractivity contribution in [2.75, 3.05) is 0 Å². The van der Waals surface area contributed by atoms with Crippen LogP contribution in [0.3, 0.4) is 0 Å². The fourth-order valence-corrected chi connectivity index (χ4v) is 4.40. The first kappa shape index (κ1) is 27.7. The van der Waals surface area contributed by atoms with Gasteiger partial charge in [0, 0.05) is 0 Å². The maximum atomic E-state index is 3.06. The summed E-state index contributed by atoms with van der Waals surface area (Å²) in [4.78, 5) is 0. The minimum atomic E-state index is 0. The Hall–Kier alpha value is -2.54. The van der Waals surface area contributed by atoms with Crippen LogP contribution in [-0.4, -0.2) is 6.88 Å². The van der Waals surface area contributed by atoms with Crippen molar-refractivity contribution in [3.8, 4) is 11.1 Å². The SMILES string of the molecule is Cc1ccc2c(c1)[cH-]c1cccc(C)c12.[CH3-].[CH3-].[Si]=[Zr].c1ccc(-c2c[cH-]c3ccccc23)cc1. The summed E-state index contributed by atoms with van der Waals surface area (Å²) < 4.78 is 0. The zero-order chi connectivity index (χ0) is 22.5. The summed E-state index contributed by atoms with van der Waals surface area (Å²) in [7, 11) is 0. The smallest absolute Gasteiger partial charge is 0.0623 e. The number of aryl methyl sites for hydroxylation is 2. The van der Waals surface area contributed by atoms with Gasteiger partial charge in [0.1, 0.15) is 0 Å². The molecule has 2 radical (unpaired) electrons. The molecule has 0 spiro atoms. The maximum Gasteiger partial charge on any atom is -0.0623 e. The molecule has 0 fully saturated rings. The van der Waals surface area contributed by atoms with Gasteiger partial charge >= 0.3 is 30.2 Å². The fourth-order valence-electron chi connectivity index (χ4n) is 4.40. The van der Waals surface area contributed by atoms with Crippen LogP contribution in [0, 0.1) is 28.7 Å². The van der Waals surface area contributed by atoms with Gasteiger partial charge in [0.25, 0.3) is 0 Å². The predicted octanol–water partition coefficient (Wildman–Crippen LogP) is 9.07. The molecule has 0 bridgehead atoms. The molecule has 0 amide bonds. The van der Waals surface area contributed by atoms with Gasteiger partial charge in [-0.3, -0.25) is 0 Å². The van der Waals surface area contributed by atoms with Gasteiger partial charge < -0.3 is 14.9 Å². The summed E-state index contributed by atoms with van der Waals surface area (Å²) >= 11 is 1.36. The summed E-state index contributed by atoms with van der Waals surface area (Å²) in [5, 5.41) is 8.16. The second-order valence-electron chi connectivity index (χ2n) is 7.97. The number of benzene rings is 4. The molecule has 6 aromatic rings. The average Bonchev–Trinajstić information content (AvgIpc) is 3.43. The summed E-state index contributed by atoms with van der Waals surface area (Å²) in [6.45, 7) is 7.39. The number of rotatable bonds is 1. The Morgan fingerprint density at radius 2 is 1.32 bits per heavy atom. The van der Waals surface area contributed by atoms with E-state index in [0.29, 0.717) is 0 Å². The molecule has 170 valence electrons. The van der Waals surface area contributed by atoms with E-state index in [2.05, 4.69) is 130 Å². The minimum Gasteiger partial charge on any atom is -0.150 e. The third-order valence-electron chi connectivity index (χ3n) is 5.86. The van der Waals surface area contributed by atoms with Crippen molar-refractivity contribution in [2.45, 2.75) is 13.8 Å². The Balaban J connectivity index is 0.000000212. The third kappa shape index (κ3) is 5.74. The van der Waals surface area contributed by atoms with E-state index in [1.54, 1.807) is 0 Å². The molecule has 0 heterocycles. The van der Waals surface area contributed by atoms with Gasteiger partial charge in [-0.05, 0) is 13.8 Å². The van der Waals surface area contributed by atoms with Gasteiger partial charge in [0.15, 0.2) is 0 Å². The molecule has 0 aromatic heterocycles. The molecule has 0 atom stereocenters. The molecular weight excluding hydrogens is 504 g/mol. The van der Waals surface area contributed by atoms with E-state index in [0.717, 1.165) is 0 Å². The van der Waals surface area contributed by atoms with Crippen molar-refractivity contribution in [2.24, 2.45) is 0 Å². The van der Waals surface area contributed by atoms with E-state index in [-0.39, 0.29) is 14.9 Å². The molecule has 0 saturated carbocycles. The molecule has 6 aromatic carbocycles. The van der Waals surface area contributed by atoms with Crippen LogP contribution in [-0.2, 0) is 23.3 Å². The summed E-state index contributed by atoms with van der Waals surface area (Å²) in [5.41, 5.74) is 5.31. The molecule has 0 aliphatic carbocycles.